The molecule has 2 N–H and O–H groups in total. The molecule has 1 aromatic rings. The molecule has 0 fully saturated rings. The van der Waals surface area contributed by atoms with Crippen LogP contribution in [0.2, 0.25) is 0 Å². The second-order valence-corrected chi connectivity index (χ2v) is 4.22. The maximum Gasteiger partial charge on any atom is 0.226 e. The zero-order chi connectivity index (χ0) is 9.42. The molecule has 13 heavy (non-hydrogen) atoms. The molecule has 0 saturated heterocycles. The van der Waals surface area contributed by atoms with Gasteiger partial charge in [-0.25, -0.2) is 0 Å². The number of carbonyl (C=O) groups is 1. The highest BCUT2D eigenvalue weighted by molar-refractivity contribution is 7.10. The Bertz CT molecular complexity index is 334. The molecule has 2 heterocycles. The number of anilines is 1. The van der Waals surface area contributed by atoms with E-state index in [0.717, 1.165) is 17.0 Å². The minimum Gasteiger partial charge on any atom is -0.323 e. The number of nitrogens with zero attached hydrogens (tertiary/aromatic N) is 1. The molecule has 1 aliphatic rings. The quantitative estimate of drug-likeness (QED) is 0.683. The molecular formula is C9H12N2OS. The Balaban J connectivity index is 2.46. The molecule has 1 amide bonds. The lowest BCUT2D eigenvalue weighted by atomic mass is 10.1. The number of fused-ring (bicyclic) bond motifs is 1. The van der Waals surface area contributed by atoms with E-state index >= 15 is 0 Å². The Hall–Kier alpha value is -0.870. The number of carbonyl (C=O) groups excluding carboxylic acids is 1. The topological polar surface area (TPSA) is 46.3 Å². The van der Waals surface area contributed by atoms with Crippen LogP contribution in [0.1, 0.15) is 23.8 Å². The summed E-state index contributed by atoms with van der Waals surface area (Å²) < 4.78 is 0. The molecule has 1 atom stereocenters. The van der Waals surface area contributed by atoms with Crippen molar-refractivity contribution in [3.05, 3.63) is 16.3 Å². The number of nitrogens with two attached hydrogens (primary N) is 1. The van der Waals surface area contributed by atoms with Gasteiger partial charge >= 0.3 is 0 Å². The predicted octanol–water partition coefficient (Wildman–Crippen LogP) is 1.50. The minimum absolute atomic E-state index is 0.0314. The SMILES string of the molecule is CN1C(=O)CCC(N)c2sccc21. The highest BCUT2D eigenvalue weighted by atomic mass is 32.1. The van der Waals surface area contributed by atoms with Crippen LogP contribution < -0.4 is 10.6 Å². The summed E-state index contributed by atoms with van der Waals surface area (Å²) in [6, 6.07) is 1.99. The number of amides is 1. The molecule has 0 spiro atoms. The Morgan fingerprint density at radius 1 is 1.69 bits per heavy atom. The van der Waals surface area contributed by atoms with E-state index in [-0.39, 0.29) is 11.9 Å². The van der Waals surface area contributed by atoms with Gasteiger partial charge in [0.2, 0.25) is 5.91 Å². The molecule has 0 bridgehead atoms. The van der Waals surface area contributed by atoms with E-state index in [1.54, 1.807) is 16.2 Å². The molecule has 0 saturated carbocycles. The van der Waals surface area contributed by atoms with Crippen molar-refractivity contribution < 1.29 is 4.79 Å². The van der Waals surface area contributed by atoms with Gasteiger partial charge in [-0.1, -0.05) is 0 Å². The third-order valence-corrected chi connectivity index (χ3v) is 3.45. The second-order valence-electron chi connectivity index (χ2n) is 3.27. The number of hydrogen-bond donors (Lipinski definition) is 1. The van der Waals surface area contributed by atoms with E-state index in [2.05, 4.69) is 0 Å². The lowest BCUT2D eigenvalue weighted by Gasteiger charge is -2.14. The van der Waals surface area contributed by atoms with Crippen LogP contribution in [-0.2, 0) is 4.79 Å². The molecule has 0 radical (unpaired) electrons. The maximum atomic E-state index is 11.5. The second kappa shape index (κ2) is 3.12. The first kappa shape index (κ1) is 8.72. The summed E-state index contributed by atoms with van der Waals surface area (Å²) in [7, 11) is 1.81. The van der Waals surface area contributed by atoms with E-state index in [9.17, 15) is 4.79 Å². The lowest BCUT2D eigenvalue weighted by molar-refractivity contribution is -0.118. The van der Waals surface area contributed by atoms with E-state index in [1.165, 1.54) is 0 Å². The molecule has 1 aromatic heterocycles. The lowest BCUT2D eigenvalue weighted by Crippen LogP contribution is -2.24. The van der Waals surface area contributed by atoms with Crippen molar-refractivity contribution in [1.29, 1.82) is 0 Å². The smallest absolute Gasteiger partial charge is 0.226 e. The molecule has 70 valence electrons. The summed E-state index contributed by atoms with van der Waals surface area (Å²) >= 11 is 1.63. The standard InChI is InChI=1S/C9H12N2OS/c1-11-7-4-5-13-9(7)6(10)2-3-8(11)12/h4-6H,2-3,10H2,1H3. The van der Waals surface area contributed by atoms with Crippen molar-refractivity contribution >= 4 is 22.9 Å². The first-order valence-corrected chi connectivity index (χ1v) is 5.17. The van der Waals surface area contributed by atoms with E-state index < -0.39 is 0 Å². The minimum atomic E-state index is 0.0314. The van der Waals surface area contributed by atoms with Crippen LogP contribution >= 0.6 is 11.3 Å². The summed E-state index contributed by atoms with van der Waals surface area (Å²) in [5.74, 6) is 0.160. The Labute approximate surface area is 81.2 Å². The van der Waals surface area contributed by atoms with E-state index in [0.29, 0.717) is 6.42 Å². The van der Waals surface area contributed by atoms with Crippen molar-refractivity contribution in [3.63, 3.8) is 0 Å². The van der Waals surface area contributed by atoms with E-state index in [4.69, 9.17) is 5.73 Å². The Kier molecular flexibility index (Phi) is 2.09. The van der Waals surface area contributed by atoms with Crippen molar-refractivity contribution in [3.8, 4) is 0 Å². The summed E-state index contributed by atoms with van der Waals surface area (Å²) in [6.07, 6.45) is 1.32. The molecule has 2 rings (SSSR count). The fourth-order valence-electron chi connectivity index (χ4n) is 1.58. The summed E-state index contributed by atoms with van der Waals surface area (Å²) in [6.45, 7) is 0. The van der Waals surface area contributed by atoms with Crippen LogP contribution in [-0.4, -0.2) is 13.0 Å². The fourth-order valence-corrected chi connectivity index (χ4v) is 2.54. The van der Waals surface area contributed by atoms with Gasteiger partial charge in [-0.3, -0.25) is 4.79 Å². The van der Waals surface area contributed by atoms with Gasteiger partial charge in [0.1, 0.15) is 0 Å². The van der Waals surface area contributed by atoms with Gasteiger partial charge < -0.3 is 10.6 Å². The van der Waals surface area contributed by atoms with E-state index in [1.807, 2.05) is 18.5 Å². The summed E-state index contributed by atoms with van der Waals surface area (Å²) in [5.41, 5.74) is 6.93. The number of thiophene rings is 1. The Morgan fingerprint density at radius 3 is 3.23 bits per heavy atom. The fraction of sp³-hybridized carbons (Fsp3) is 0.444. The zero-order valence-electron chi connectivity index (χ0n) is 7.49. The maximum absolute atomic E-state index is 11.5. The zero-order valence-corrected chi connectivity index (χ0v) is 8.30. The largest absolute Gasteiger partial charge is 0.323 e. The van der Waals surface area contributed by atoms with Crippen LogP contribution in [0.3, 0.4) is 0 Å². The van der Waals surface area contributed by atoms with Gasteiger partial charge in [-0.05, 0) is 17.9 Å². The summed E-state index contributed by atoms with van der Waals surface area (Å²) in [5, 5.41) is 1.99. The predicted molar refractivity (Wildman–Crippen MR) is 53.9 cm³/mol. The average molecular weight is 196 g/mol. The highest BCUT2D eigenvalue weighted by Gasteiger charge is 2.24. The molecule has 1 aliphatic heterocycles. The first-order valence-electron chi connectivity index (χ1n) is 4.29. The van der Waals surface area contributed by atoms with Crippen LogP contribution in [0.5, 0.6) is 0 Å². The Morgan fingerprint density at radius 2 is 2.46 bits per heavy atom. The molecule has 3 nitrogen and oxygen atoms in total. The van der Waals surface area contributed by atoms with Crippen LogP contribution in [0.25, 0.3) is 0 Å². The molecule has 1 unspecified atom stereocenters. The van der Waals surface area contributed by atoms with Gasteiger partial charge in [0, 0.05) is 24.4 Å². The highest BCUT2D eigenvalue weighted by Crippen LogP contribution is 2.35. The van der Waals surface area contributed by atoms with Gasteiger partial charge in [0.25, 0.3) is 0 Å². The normalized spacial score (nSPS) is 22.8. The summed E-state index contributed by atoms with van der Waals surface area (Å²) in [4.78, 5) is 14.3. The van der Waals surface area contributed by atoms with Crippen molar-refractivity contribution in [2.75, 3.05) is 11.9 Å². The molecule has 0 aliphatic carbocycles. The third-order valence-electron chi connectivity index (χ3n) is 2.41. The van der Waals surface area contributed by atoms with Crippen molar-refractivity contribution in [2.45, 2.75) is 18.9 Å². The first-order chi connectivity index (χ1) is 6.20. The van der Waals surface area contributed by atoms with Crippen LogP contribution in [0, 0.1) is 0 Å². The average Bonchev–Trinajstić information content (AvgIpc) is 2.57. The molecular weight excluding hydrogens is 184 g/mol. The number of rotatable bonds is 0. The molecule has 0 aromatic carbocycles. The van der Waals surface area contributed by atoms with Gasteiger partial charge in [0.15, 0.2) is 0 Å². The molecule has 4 heteroatoms. The van der Waals surface area contributed by atoms with Crippen LogP contribution in [0.4, 0.5) is 5.69 Å². The number of hydrogen-bond acceptors (Lipinski definition) is 3. The van der Waals surface area contributed by atoms with Gasteiger partial charge in [-0.15, -0.1) is 11.3 Å². The monoisotopic (exact) mass is 196 g/mol. The third kappa shape index (κ3) is 1.36. The van der Waals surface area contributed by atoms with Gasteiger partial charge in [0.05, 0.1) is 5.69 Å². The van der Waals surface area contributed by atoms with Crippen LogP contribution in [0.15, 0.2) is 11.4 Å². The van der Waals surface area contributed by atoms with Crippen molar-refractivity contribution in [1.82, 2.24) is 0 Å². The van der Waals surface area contributed by atoms with Gasteiger partial charge in [-0.2, -0.15) is 0 Å². The van der Waals surface area contributed by atoms with Crippen molar-refractivity contribution in [2.24, 2.45) is 5.73 Å².